The number of hydrogen-bond donors (Lipinski definition) is 1. The topological polar surface area (TPSA) is 29.5 Å². The van der Waals surface area contributed by atoms with Crippen LogP contribution < -0.4 is 4.74 Å². The number of aliphatic hydroxyl groups excluding tert-OH is 1. The number of benzene rings is 2. The normalized spacial score (nSPS) is 12.3. The van der Waals surface area contributed by atoms with Gasteiger partial charge in [0.05, 0.1) is 6.10 Å². The fourth-order valence-electron chi connectivity index (χ4n) is 1.71. The van der Waals surface area contributed by atoms with Crippen LogP contribution in [-0.2, 0) is 0 Å². The van der Waals surface area contributed by atoms with Crippen LogP contribution >= 0.6 is 15.9 Å². The Balaban J connectivity index is 2.36. The highest BCUT2D eigenvalue weighted by Gasteiger charge is 2.11. The van der Waals surface area contributed by atoms with Crippen LogP contribution in [0.5, 0.6) is 11.5 Å². The van der Waals surface area contributed by atoms with Crippen molar-refractivity contribution in [3.05, 3.63) is 57.8 Å². The molecule has 0 aliphatic rings. The highest BCUT2D eigenvalue weighted by atomic mass is 79.9. The first-order chi connectivity index (χ1) is 8.97. The molecule has 0 bridgehead atoms. The summed E-state index contributed by atoms with van der Waals surface area (Å²) in [6.45, 7) is 3.35. The third-order valence-corrected chi connectivity index (χ3v) is 3.29. The van der Waals surface area contributed by atoms with Crippen molar-refractivity contribution in [2.24, 2.45) is 0 Å². The summed E-state index contributed by atoms with van der Waals surface area (Å²) in [6.07, 6.45) is -0.654. The van der Waals surface area contributed by atoms with Gasteiger partial charge >= 0.3 is 0 Å². The Hall–Kier alpha value is -1.39. The molecule has 1 unspecified atom stereocenters. The van der Waals surface area contributed by atoms with Gasteiger partial charge in [-0.15, -0.1) is 0 Å². The van der Waals surface area contributed by atoms with Crippen LogP contribution in [0.1, 0.15) is 24.2 Å². The molecular formula is C15H14BrFO2. The van der Waals surface area contributed by atoms with Crippen molar-refractivity contribution in [3.63, 3.8) is 0 Å². The number of aliphatic hydroxyl groups is 1. The van der Waals surface area contributed by atoms with Gasteiger partial charge in [0.25, 0.3) is 0 Å². The summed E-state index contributed by atoms with van der Waals surface area (Å²) >= 11 is 3.35. The van der Waals surface area contributed by atoms with E-state index in [-0.39, 0.29) is 5.82 Å². The van der Waals surface area contributed by atoms with E-state index in [0.29, 0.717) is 22.6 Å². The predicted molar refractivity (Wildman–Crippen MR) is 76.0 cm³/mol. The molecule has 0 radical (unpaired) electrons. The minimum atomic E-state index is -0.654. The van der Waals surface area contributed by atoms with Crippen LogP contribution in [-0.4, -0.2) is 5.11 Å². The highest BCUT2D eigenvalue weighted by Crippen LogP contribution is 2.32. The standard InChI is InChI=1S/C15H14BrFO2/c1-9-3-5-12(8-14(9)17)19-15-7-11(16)4-6-13(15)10(2)18/h3-8,10,18H,1-2H3. The van der Waals surface area contributed by atoms with Crippen molar-refractivity contribution in [2.45, 2.75) is 20.0 Å². The second-order valence-electron chi connectivity index (χ2n) is 4.37. The van der Waals surface area contributed by atoms with E-state index in [0.717, 1.165) is 4.47 Å². The fraction of sp³-hybridized carbons (Fsp3) is 0.200. The van der Waals surface area contributed by atoms with Crippen molar-refractivity contribution in [1.29, 1.82) is 0 Å². The average Bonchev–Trinajstić information content (AvgIpc) is 2.33. The van der Waals surface area contributed by atoms with Crippen LogP contribution in [0, 0.1) is 12.7 Å². The summed E-state index contributed by atoms with van der Waals surface area (Å²) in [5.74, 6) is 0.599. The lowest BCUT2D eigenvalue weighted by Gasteiger charge is -2.14. The van der Waals surface area contributed by atoms with Gasteiger partial charge in [-0.1, -0.05) is 28.1 Å². The van der Waals surface area contributed by atoms with Gasteiger partial charge < -0.3 is 9.84 Å². The first-order valence-electron chi connectivity index (χ1n) is 5.89. The highest BCUT2D eigenvalue weighted by molar-refractivity contribution is 9.10. The molecule has 2 aromatic rings. The van der Waals surface area contributed by atoms with Crippen LogP contribution in [0.3, 0.4) is 0 Å². The minimum absolute atomic E-state index is 0.314. The summed E-state index contributed by atoms with van der Waals surface area (Å²) in [4.78, 5) is 0. The quantitative estimate of drug-likeness (QED) is 0.883. The number of aryl methyl sites for hydroxylation is 1. The smallest absolute Gasteiger partial charge is 0.134 e. The molecule has 1 atom stereocenters. The second kappa shape index (κ2) is 5.72. The first-order valence-corrected chi connectivity index (χ1v) is 6.68. The van der Waals surface area contributed by atoms with Gasteiger partial charge in [0.15, 0.2) is 0 Å². The summed E-state index contributed by atoms with van der Waals surface area (Å²) in [7, 11) is 0. The monoisotopic (exact) mass is 324 g/mol. The zero-order chi connectivity index (χ0) is 14.0. The van der Waals surface area contributed by atoms with Crippen LogP contribution in [0.25, 0.3) is 0 Å². The Labute approximate surface area is 120 Å². The van der Waals surface area contributed by atoms with Gasteiger partial charge in [-0.05, 0) is 37.6 Å². The lowest BCUT2D eigenvalue weighted by molar-refractivity contribution is 0.195. The molecule has 2 nitrogen and oxygen atoms in total. The lowest BCUT2D eigenvalue weighted by atomic mass is 10.1. The molecule has 0 saturated heterocycles. The molecule has 0 aromatic heterocycles. The summed E-state index contributed by atoms with van der Waals surface area (Å²) in [5.41, 5.74) is 1.22. The van der Waals surface area contributed by atoms with Crippen LogP contribution in [0.2, 0.25) is 0 Å². The number of halogens is 2. The zero-order valence-electron chi connectivity index (χ0n) is 10.7. The van der Waals surface area contributed by atoms with Gasteiger partial charge in [0.1, 0.15) is 17.3 Å². The Bertz CT molecular complexity index is 597. The molecule has 19 heavy (non-hydrogen) atoms. The fourth-order valence-corrected chi connectivity index (χ4v) is 2.05. The van der Waals surface area contributed by atoms with Gasteiger partial charge in [0.2, 0.25) is 0 Å². The SMILES string of the molecule is Cc1ccc(Oc2cc(Br)ccc2C(C)O)cc1F. The molecule has 100 valence electrons. The van der Waals surface area contributed by atoms with E-state index in [4.69, 9.17) is 4.74 Å². The zero-order valence-corrected chi connectivity index (χ0v) is 12.2. The van der Waals surface area contributed by atoms with Crippen molar-refractivity contribution >= 4 is 15.9 Å². The molecule has 1 N–H and O–H groups in total. The summed E-state index contributed by atoms with van der Waals surface area (Å²) in [6, 6.07) is 10.0. The molecule has 0 spiro atoms. The Morgan fingerprint density at radius 3 is 2.58 bits per heavy atom. The largest absolute Gasteiger partial charge is 0.457 e. The predicted octanol–water partition coefficient (Wildman–Crippen LogP) is 4.74. The molecule has 0 fully saturated rings. The Kier molecular flexibility index (Phi) is 4.22. The van der Waals surface area contributed by atoms with Crippen molar-refractivity contribution < 1.29 is 14.2 Å². The Morgan fingerprint density at radius 2 is 1.95 bits per heavy atom. The molecular weight excluding hydrogens is 311 g/mol. The van der Waals surface area contributed by atoms with Gasteiger partial charge in [0, 0.05) is 16.1 Å². The molecule has 0 aliphatic heterocycles. The minimum Gasteiger partial charge on any atom is -0.457 e. The van der Waals surface area contributed by atoms with Crippen LogP contribution in [0.4, 0.5) is 4.39 Å². The maximum atomic E-state index is 13.5. The molecule has 4 heteroatoms. The molecule has 0 saturated carbocycles. The van der Waals surface area contributed by atoms with E-state index < -0.39 is 6.10 Å². The summed E-state index contributed by atoms with van der Waals surface area (Å²) in [5, 5.41) is 9.70. The van der Waals surface area contributed by atoms with Crippen molar-refractivity contribution in [3.8, 4) is 11.5 Å². The van der Waals surface area contributed by atoms with Crippen molar-refractivity contribution in [2.75, 3.05) is 0 Å². The van der Waals surface area contributed by atoms with Gasteiger partial charge in [-0.25, -0.2) is 4.39 Å². The van der Waals surface area contributed by atoms with E-state index in [1.54, 1.807) is 38.1 Å². The molecule has 2 rings (SSSR count). The van der Waals surface area contributed by atoms with E-state index in [1.807, 2.05) is 6.07 Å². The van der Waals surface area contributed by atoms with Gasteiger partial charge in [-0.3, -0.25) is 0 Å². The van der Waals surface area contributed by atoms with E-state index in [1.165, 1.54) is 6.07 Å². The number of hydrogen-bond acceptors (Lipinski definition) is 2. The number of ether oxygens (including phenoxy) is 1. The third kappa shape index (κ3) is 3.33. The van der Waals surface area contributed by atoms with Gasteiger partial charge in [-0.2, -0.15) is 0 Å². The average molecular weight is 325 g/mol. The lowest BCUT2D eigenvalue weighted by Crippen LogP contribution is -1.96. The Morgan fingerprint density at radius 1 is 1.21 bits per heavy atom. The maximum absolute atomic E-state index is 13.5. The van der Waals surface area contributed by atoms with E-state index in [9.17, 15) is 9.50 Å². The van der Waals surface area contributed by atoms with Crippen LogP contribution in [0.15, 0.2) is 40.9 Å². The van der Waals surface area contributed by atoms with E-state index in [2.05, 4.69) is 15.9 Å². The first kappa shape index (κ1) is 14.0. The van der Waals surface area contributed by atoms with E-state index >= 15 is 0 Å². The molecule has 2 aromatic carbocycles. The maximum Gasteiger partial charge on any atom is 0.134 e. The summed E-state index contributed by atoms with van der Waals surface area (Å²) < 4.78 is 20.0. The molecule has 0 amide bonds. The molecule has 0 heterocycles. The van der Waals surface area contributed by atoms with Crippen molar-refractivity contribution in [1.82, 2.24) is 0 Å². The molecule has 0 aliphatic carbocycles. The number of rotatable bonds is 3. The second-order valence-corrected chi connectivity index (χ2v) is 5.29. The third-order valence-electron chi connectivity index (χ3n) is 2.80.